The molecule has 0 saturated carbocycles. The zero-order valence-corrected chi connectivity index (χ0v) is 11.3. The lowest BCUT2D eigenvalue weighted by atomic mass is 10.1. The molecule has 0 fully saturated rings. The Morgan fingerprint density at radius 3 is 2.76 bits per heavy atom. The highest BCUT2D eigenvalue weighted by Gasteiger charge is 2.28. The molecule has 7 heteroatoms. The van der Waals surface area contributed by atoms with Crippen molar-refractivity contribution in [2.75, 3.05) is 13.2 Å². The van der Waals surface area contributed by atoms with Crippen LogP contribution in [-0.4, -0.2) is 29.1 Å². The van der Waals surface area contributed by atoms with E-state index in [2.05, 4.69) is 5.10 Å². The van der Waals surface area contributed by atoms with Crippen LogP contribution in [0, 0.1) is 0 Å². The smallest absolute Gasteiger partial charge is 0.422 e. The molecule has 1 heterocycles. The lowest BCUT2D eigenvalue weighted by molar-refractivity contribution is -0.153. The van der Waals surface area contributed by atoms with Gasteiger partial charge in [-0.05, 0) is 30.7 Å². The van der Waals surface area contributed by atoms with Gasteiger partial charge in [0, 0.05) is 18.3 Å². The largest absolute Gasteiger partial charge is 0.484 e. The molecule has 1 aromatic heterocycles. The van der Waals surface area contributed by atoms with Gasteiger partial charge in [0.2, 0.25) is 0 Å². The van der Waals surface area contributed by atoms with E-state index in [4.69, 9.17) is 10.5 Å². The Kier molecular flexibility index (Phi) is 4.85. The van der Waals surface area contributed by atoms with Crippen molar-refractivity contribution in [3.8, 4) is 16.9 Å². The van der Waals surface area contributed by atoms with Crippen molar-refractivity contribution < 1.29 is 17.9 Å². The maximum atomic E-state index is 12.1. The van der Waals surface area contributed by atoms with Crippen molar-refractivity contribution in [1.82, 2.24) is 9.78 Å². The number of halogens is 3. The first-order chi connectivity index (χ1) is 9.98. The molecule has 0 aliphatic carbocycles. The minimum Gasteiger partial charge on any atom is -0.484 e. The second-order valence-corrected chi connectivity index (χ2v) is 4.57. The molecule has 2 N–H and O–H groups in total. The first-order valence-electron chi connectivity index (χ1n) is 6.50. The van der Waals surface area contributed by atoms with E-state index >= 15 is 0 Å². The lowest BCUT2D eigenvalue weighted by Crippen LogP contribution is -2.19. The first-order valence-corrected chi connectivity index (χ1v) is 6.50. The molecule has 0 aliphatic rings. The zero-order chi connectivity index (χ0) is 15.3. The summed E-state index contributed by atoms with van der Waals surface area (Å²) in [5, 5.41) is 4.19. The van der Waals surface area contributed by atoms with E-state index in [-0.39, 0.29) is 5.75 Å². The van der Waals surface area contributed by atoms with Crippen LogP contribution in [0.15, 0.2) is 36.7 Å². The number of aryl methyl sites for hydroxylation is 1. The summed E-state index contributed by atoms with van der Waals surface area (Å²) >= 11 is 0. The van der Waals surface area contributed by atoms with Gasteiger partial charge in [-0.15, -0.1) is 0 Å². The Morgan fingerprint density at radius 1 is 1.24 bits per heavy atom. The van der Waals surface area contributed by atoms with Crippen molar-refractivity contribution >= 4 is 0 Å². The second kappa shape index (κ2) is 6.62. The second-order valence-electron chi connectivity index (χ2n) is 4.57. The molecule has 21 heavy (non-hydrogen) atoms. The van der Waals surface area contributed by atoms with Crippen LogP contribution in [0.4, 0.5) is 13.2 Å². The normalized spacial score (nSPS) is 11.6. The van der Waals surface area contributed by atoms with Crippen molar-refractivity contribution in [1.29, 1.82) is 0 Å². The van der Waals surface area contributed by atoms with Gasteiger partial charge in [-0.1, -0.05) is 12.1 Å². The lowest BCUT2D eigenvalue weighted by Gasteiger charge is -2.09. The molecule has 0 radical (unpaired) electrons. The Balaban J connectivity index is 2.08. The Labute approximate surface area is 120 Å². The number of alkyl halides is 3. The first kappa shape index (κ1) is 15.4. The van der Waals surface area contributed by atoms with Gasteiger partial charge < -0.3 is 10.5 Å². The van der Waals surface area contributed by atoms with E-state index in [1.165, 1.54) is 6.07 Å². The topological polar surface area (TPSA) is 53.1 Å². The monoisotopic (exact) mass is 299 g/mol. The number of hydrogen-bond donors (Lipinski definition) is 1. The van der Waals surface area contributed by atoms with Crippen LogP contribution >= 0.6 is 0 Å². The molecule has 114 valence electrons. The van der Waals surface area contributed by atoms with Gasteiger partial charge in [0.15, 0.2) is 6.61 Å². The fourth-order valence-corrected chi connectivity index (χ4v) is 1.82. The number of hydrogen-bond acceptors (Lipinski definition) is 3. The Bertz CT molecular complexity index is 581. The zero-order valence-electron chi connectivity index (χ0n) is 11.3. The number of ether oxygens (including phenoxy) is 1. The highest BCUT2D eigenvalue weighted by atomic mass is 19.4. The Hall–Kier alpha value is -2.02. The van der Waals surface area contributed by atoms with Crippen LogP contribution in [0.1, 0.15) is 6.42 Å². The Morgan fingerprint density at radius 2 is 2.05 bits per heavy atom. The van der Waals surface area contributed by atoms with Gasteiger partial charge in [0.1, 0.15) is 5.75 Å². The van der Waals surface area contributed by atoms with Crippen molar-refractivity contribution in [3.05, 3.63) is 36.7 Å². The highest BCUT2D eigenvalue weighted by Crippen LogP contribution is 2.25. The van der Waals surface area contributed by atoms with Crippen LogP contribution in [0.2, 0.25) is 0 Å². The number of rotatable bonds is 6. The minimum atomic E-state index is -4.34. The average molecular weight is 299 g/mol. The predicted octanol–water partition coefficient (Wildman–Crippen LogP) is 2.84. The molecule has 0 bridgehead atoms. The average Bonchev–Trinajstić information content (AvgIpc) is 2.91. The molecule has 4 nitrogen and oxygen atoms in total. The number of nitrogens with zero attached hydrogens (tertiary/aromatic N) is 2. The minimum absolute atomic E-state index is 0.180. The molecular weight excluding hydrogens is 283 g/mol. The van der Waals surface area contributed by atoms with Crippen molar-refractivity contribution in [2.45, 2.75) is 19.1 Å². The molecule has 2 aromatic rings. The molecule has 0 amide bonds. The molecular formula is C14H16F3N3O. The summed E-state index contributed by atoms with van der Waals surface area (Å²) in [5.41, 5.74) is 7.01. The van der Waals surface area contributed by atoms with Gasteiger partial charge in [-0.3, -0.25) is 4.68 Å². The van der Waals surface area contributed by atoms with Crippen LogP contribution in [0.25, 0.3) is 11.1 Å². The maximum absolute atomic E-state index is 12.1. The van der Waals surface area contributed by atoms with Crippen molar-refractivity contribution in [2.24, 2.45) is 5.73 Å². The summed E-state index contributed by atoms with van der Waals surface area (Å²) in [6.45, 7) is -0.0110. The third kappa shape index (κ3) is 4.78. The van der Waals surface area contributed by atoms with Gasteiger partial charge in [0.05, 0.1) is 6.20 Å². The van der Waals surface area contributed by atoms with E-state index in [0.717, 1.165) is 17.5 Å². The van der Waals surface area contributed by atoms with E-state index < -0.39 is 12.8 Å². The molecule has 0 aliphatic heterocycles. The van der Waals surface area contributed by atoms with Gasteiger partial charge in [0.25, 0.3) is 0 Å². The summed E-state index contributed by atoms with van der Waals surface area (Å²) in [4.78, 5) is 0. The fourth-order valence-electron chi connectivity index (χ4n) is 1.82. The highest BCUT2D eigenvalue weighted by molar-refractivity contribution is 5.63. The van der Waals surface area contributed by atoms with E-state index in [1.54, 1.807) is 29.1 Å². The summed E-state index contributed by atoms with van der Waals surface area (Å²) in [6.07, 6.45) is -0.0309. The van der Waals surface area contributed by atoms with Crippen LogP contribution in [0.3, 0.4) is 0 Å². The van der Waals surface area contributed by atoms with E-state index in [0.29, 0.717) is 13.1 Å². The molecule has 0 spiro atoms. The van der Waals surface area contributed by atoms with E-state index in [1.807, 2.05) is 6.20 Å². The van der Waals surface area contributed by atoms with Crippen LogP contribution in [0.5, 0.6) is 5.75 Å². The van der Waals surface area contributed by atoms with E-state index in [9.17, 15) is 13.2 Å². The molecule has 0 saturated heterocycles. The fraction of sp³-hybridized carbons (Fsp3) is 0.357. The predicted molar refractivity (Wildman–Crippen MR) is 72.9 cm³/mol. The number of aromatic nitrogens is 2. The maximum Gasteiger partial charge on any atom is 0.422 e. The standard InChI is InChI=1S/C14H16F3N3O/c15-14(16,17)10-21-13-4-1-3-11(7-13)12-8-19-20(9-12)6-2-5-18/h1,3-4,7-9H,2,5-6,10,18H2. The molecule has 1 aromatic carbocycles. The molecule has 0 atom stereocenters. The van der Waals surface area contributed by atoms with Crippen LogP contribution in [-0.2, 0) is 6.54 Å². The van der Waals surface area contributed by atoms with Gasteiger partial charge in [-0.25, -0.2) is 0 Å². The quantitative estimate of drug-likeness (QED) is 0.892. The van der Waals surface area contributed by atoms with Gasteiger partial charge >= 0.3 is 6.18 Å². The molecule has 2 rings (SSSR count). The van der Waals surface area contributed by atoms with Crippen LogP contribution < -0.4 is 10.5 Å². The third-order valence-electron chi connectivity index (χ3n) is 2.79. The summed E-state index contributed by atoms with van der Waals surface area (Å²) in [5.74, 6) is 0.180. The summed E-state index contributed by atoms with van der Waals surface area (Å²) in [6, 6.07) is 6.51. The SMILES string of the molecule is NCCCn1cc(-c2cccc(OCC(F)(F)F)c2)cn1. The molecule has 0 unspecified atom stereocenters. The number of benzene rings is 1. The summed E-state index contributed by atoms with van der Waals surface area (Å²) in [7, 11) is 0. The third-order valence-corrected chi connectivity index (χ3v) is 2.79. The van der Waals surface area contributed by atoms with Gasteiger partial charge in [-0.2, -0.15) is 18.3 Å². The number of nitrogens with two attached hydrogens (primary N) is 1. The summed E-state index contributed by atoms with van der Waals surface area (Å²) < 4.78 is 42.9. The van der Waals surface area contributed by atoms with Crippen molar-refractivity contribution in [3.63, 3.8) is 0 Å².